The second kappa shape index (κ2) is 6.32. The molecule has 5 nitrogen and oxygen atoms in total. The van der Waals surface area contributed by atoms with Crippen LogP contribution in [-0.4, -0.2) is 16.1 Å². The Morgan fingerprint density at radius 2 is 2.20 bits per heavy atom. The average Bonchev–Trinajstić information content (AvgIpc) is 2.79. The molecule has 1 heterocycles. The van der Waals surface area contributed by atoms with Gasteiger partial charge in [0.15, 0.2) is 0 Å². The molecule has 0 radical (unpaired) electrons. The highest BCUT2D eigenvalue weighted by molar-refractivity contribution is 9.10. The van der Waals surface area contributed by atoms with Gasteiger partial charge in [0, 0.05) is 22.1 Å². The van der Waals surface area contributed by atoms with Crippen LogP contribution in [0.2, 0.25) is 0 Å². The van der Waals surface area contributed by atoms with Gasteiger partial charge < -0.3 is 5.73 Å². The summed E-state index contributed by atoms with van der Waals surface area (Å²) in [6.07, 6.45) is 0.862. The van der Waals surface area contributed by atoms with E-state index in [0.29, 0.717) is 26.8 Å². The molecular weight excluding hydrogens is 340 g/mol. The van der Waals surface area contributed by atoms with Gasteiger partial charge in [-0.15, -0.1) is 10.2 Å². The number of anilines is 2. The zero-order valence-electron chi connectivity index (χ0n) is 11.2. The summed E-state index contributed by atoms with van der Waals surface area (Å²) in [4.78, 5) is 12.1. The second-order valence-corrected chi connectivity index (χ2v) is 6.71. The van der Waals surface area contributed by atoms with E-state index in [1.807, 2.05) is 0 Å². The van der Waals surface area contributed by atoms with Crippen LogP contribution in [-0.2, 0) is 6.42 Å². The van der Waals surface area contributed by atoms with Crippen LogP contribution >= 0.6 is 27.3 Å². The van der Waals surface area contributed by atoms with E-state index in [1.165, 1.54) is 11.3 Å². The molecule has 7 heteroatoms. The van der Waals surface area contributed by atoms with Crippen LogP contribution in [0.25, 0.3) is 0 Å². The number of rotatable bonds is 4. The molecule has 0 aliphatic rings. The average molecular weight is 355 g/mol. The van der Waals surface area contributed by atoms with E-state index in [9.17, 15) is 4.79 Å². The molecule has 2 rings (SSSR count). The van der Waals surface area contributed by atoms with Gasteiger partial charge in [-0.25, -0.2) is 0 Å². The summed E-state index contributed by atoms with van der Waals surface area (Å²) in [6.45, 7) is 4.23. The zero-order valence-corrected chi connectivity index (χ0v) is 13.6. The predicted octanol–water partition coefficient (Wildman–Crippen LogP) is 3.33. The Morgan fingerprint density at radius 1 is 1.45 bits per heavy atom. The summed E-state index contributed by atoms with van der Waals surface area (Å²) in [5.41, 5.74) is 6.81. The minimum atomic E-state index is -0.224. The highest BCUT2D eigenvalue weighted by atomic mass is 79.9. The number of amides is 1. The van der Waals surface area contributed by atoms with E-state index in [0.717, 1.165) is 11.4 Å². The molecule has 1 aromatic heterocycles. The minimum Gasteiger partial charge on any atom is -0.398 e. The highest BCUT2D eigenvalue weighted by Gasteiger charge is 2.12. The maximum absolute atomic E-state index is 12.1. The number of carbonyl (C=O) groups excluding carboxylic acids is 1. The zero-order chi connectivity index (χ0) is 14.7. The lowest BCUT2D eigenvalue weighted by Gasteiger charge is -2.03. The fraction of sp³-hybridized carbons (Fsp3) is 0.308. The number of hydrogen-bond donors (Lipinski definition) is 2. The lowest BCUT2D eigenvalue weighted by atomic mass is 10.1. The van der Waals surface area contributed by atoms with Gasteiger partial charge in [-0.05, 0) is 40.0 Å². The highest BCUT2D eigenvalue weighted by Crippen LogP contribution is 2.22. The van der Waals surface area contributed by atoms with Gasteiger partial charge in [0.05, 0.1) is 0 Å². The monoisotopic (exact) mass is 354 g/mol. The summed E-state index contributed by atoms with van der Waals surface area (Å²) in [5.74, 6) is 0.289. The number of nitrogens with one attached hydrogen (secondary N) is 1. The molecule has 0 saturated heterocycles. The van der Waals surface area contributed by atoms with Gasteiger partial charge >= 0.3 is 0 Å². The van der Waals surface area contributed by atoms with Crippen LogP contribution in [0.5, 0.6) is 0 Å². The minimum absolute atomic E-state index is 0.224. The van der Waals surface area contributed by atoms with Crippen molar-refractivity contribution < 1.29 is 4.79 Å². The Labute approximate surface area is 129 Å². The third kappa shape index (κ3) is 3.77. The third-order valence-corrected chi connectivity index (χ3v) is 4.08. The van der Waals surface area contributed by atoms with E-state index >= 15 is 0 Å². The summed E-state index contributed by atoms with van der Waals surface area (Å²) in [7, 11) is 0. The Bertz CT molecular complexity index is 627. The molecule has 3 N–H and O–H groups in total. The fourth-order valence-electron chi connectivity index (χ4n) is 1.57. The van der Waals surface area contributed by atoms with Crippen molar-refractivity contribution in [1.82, 2.24) is 10.2 Å². The van der Waals surface area contributed by atoms with Crippen molar-refractivity contribution in [2.45, 2.75) is 20.3 Å². The van der Waals surface area contributed by atoms with Crippen molar-refractivity contribution in [2.75, 3.05) is 11.1 Å². The number of aromatic nitrogens is 2. The first-order chi connectivity index (χ1) is 9.45. The van der Waals surface area contributed by atoms with E-state index < -0.39 is 0 Å². The Morgan fingerprint density at radius 3 is 2.85 bits per heavy atom. The molecule has 0 spiro atoms. The van der Waals surface area contributed by atoms with E-state index in [1.54, 1.807) is 18.2 Å². The molecule has 0 fully saturated rings. The summed E-state index contributed by atoms with van der Waals surface area (Å²) in [6, 6.07) is 5.04. The third-order valence-electron chi connectivity index (χ3n) is 2.53. The van der Waals surface area contributed by atoms with Crippen LogP contribution in [0.4, 0.5) is 10.8 Å². The molecule has 0 unspecified atom stereocenters. The van der Waals surface area contributed by atoms with Gasteiger partial charge in [0.2, 0.25) is 5.13 Å². The number of hydrogen-bond acceptors (Lipinski definition) is 5. The van der Waals surface area contributed by atoms with Crippen LogP contribution < -0.4 is 11.1 Å². The number of halogens is 1. The van der Waals surface area contributed by atoms with Crippen molar-refractivity contribution in [3.8, 4) is 0 Å². The summed E-state index contributed by atoms with van der Waals surface area (Å²) >= 11 is 4.70. The lowest BCUT2D eigenvalue weighted by Crippen LogP contribution is -2.11. The van der Waals surface area contributed by atoms with E-state index in [2.05, 4.69) is 45.3 Å². The van der Waals surface area contributed by atoms with Crippen molar-refractivity contribution in [1.29, 1.82) is 0 Å². The van der Waals surface area contributed by atoms with Crippen LogP contribution in [0.3, 0.4) is 0 Å². The van der Waals surface area contributed by atoms with Crippen molar-refractivity contribution in [2.24, 2.45) is 5.92 Å². The molecular formula is C13H15BrN4OS. The predicted molar refractivity (Wildman–Crippen MR) is 85.0 cm³/mol. The fourth-order valence-corrected chi connectivity index (χ4v) is 2.90. The van der Waals surface area contributed by atoms with Crippen LogP contribution in [0.1, 0.15) is 29.2 Å². The Kier molecular flexibility index (Phi) is 4.72. The number of nitrogens with zero attached hydrogens (tertiary/aromatic N) is 2. The largest absolute Gasteiger partial charge is 0.398 e. The van der Waals surface area contributed by atoms with Crippen molar-refractivity contribution in [3.63, 3.8) is 0 Å². The number of nitrogen functional groups attached to an aromatic ring is 1. The van der Waals surface area contributed by atoms with Gasteiger partial charge in [-0.1, -0.05) is 25.2 Å². The molecule has 0 bridgehead atoms. The number of benzene rings is 1. The van der Waals surface area contributed by atoms with Gasteiger partial charge in [-0.3, -0.25) is 10.1 Å². The molecule has 1 amide bonds. The SMILES string of the molecule is CC(C)Cc1nnc(NC(=O)c2ccc(N)c(Br)c2)s1. The quantitative estimate of drug-likeness (QED) is 0.825. The first kappa shape index (κ1) is 14.9. The smallest absolute Gasteiger partial charge is 0.257 e. The van der Waals surface area contributed by atoms with Crippen molar-refractivity contribution >= 4 is 44.0 Å². The lowest BCUT2D eigenvalue weighted by molar-refractivity contribution is 0.102. The van der Waals surface area contributed by atoms with Gasteiger partial charge in [-0.2, -0.15) is 0 Å². The van der Waals surface area contributed by atoms with Crippen LogP contribution in [0, 0.1) is 5.92 Å². The molecule has 106 valence electrons. The molecule has 0 aliphatic carbocycles. The first-order valence-electron chi connectivity index (χ1n) is 6.14. The summed E-state index contributed by atoms with van der Waals surface area (Å²) in [5, 5.41) is 12.2. The van der Waals surface area contributed by atoms with E-state index in [-0.39, 0.29) is 5.91 Å². The number of carbonyl (C=O) groups is 1. The normalized spacial score (nSPS) is 10.8. The topological polar surface area (TPSA) is 80.9 Å². The standard InChI is InChI=1S/C13H15BrN4OS/c1-7(2)5-11-17-18-13(20-11)16-12(19)8-3-4-10(15)9(14)6-8/h3-4,6-7H,5,15H2,1-2H3,(H,16,18,19). The molecule has 1 aromatic carbocycles. The number of nitrogens with two attached hydrogens (primary N) is 1. The Hall–Kier alpha value is -1.47. The maximum Gasteiger partial charge on any atom is 0.257 e. The molecule has 0 saturated carbocycles. The maximum atomic E-state index is 12.1. The molecule has 0 aliphatic heterocycles. The molecule has 0 atom stereocenters. The summed E-state index contributed by atoms with van der Waals surface area (Å²) < 4.78 is 0.697. The van der Waals surface area contributed by atoms with Crippen molar-refractivity contribution in [3.05, 3.63) is 33.2 Å². The first-order valence-corrected chi connectivity index (χ1v) is 7.75. The van der Waals surface area contributed by atoms with Crippen LogP contribution in [0.15, 0.2) is 22.7 Å². The van der Waals surface area contributed by atoms with Gasteiger partial charge in [0.1, 0.15) is 5.01 Å². The second-order valence-electron chi connectivity index (χ2n) is 4.79. The molecule has 20 heavy (non-hydrogen) atoms. The van der Waals surface area contributed by atoms with E-state index in [4.69, 9.17) is 5.73 Å². The Balaban J connectivity index is 2.07. The molecule has 2 aromatic rings. The van der Waals surface area contributed by atoms with Gasteiger partial charge in [0.25, 0.3) is 5.91 Å².